The van der Waals surface area contributed by atoms with E-state index >= 15 is 0 Å². The van der Waals surface area contributed by atoms with Gasteiger partial charge in [0.1, 0.15) is 0 Å². The molecule has 0 aliphatic carbocycles. The summed E-state index contributed by atoms with van der Waals surface area (Å²) in [7, 11) is 3.50. The maximum Gasteiger partial charge on any atom is 0.309 e. The fourth-order valence-electron chi connectivity index (χ4n) is 2.08. The lowest BCUT2D eigenvalue weighted by atomic mass is 10.2. The zero-order valence-electron chi connectivity index (χ0n) is 12.1. The summed E-state index contributed by atoms with van der Waals surface area (Å²) in [6.07, 6.45) is 0. The van der Waals surface area contributed by atoms with Crippen molar-refractivity contribution in [1.82, 2.24) is 15.1 Å². The Hall–Kier alpha value is -0.0700. The highest BCUT2D eigenvalue weighted by atomic mass is 35.5. The zero-order chi connectivity index (χ0) is 12.7. The van der Waals surface area contributed by atoms with Crippen molar-refractivity contribution in [2.45, 2.75) is 6.92 Å². The molecule has 0 bridgehead atoms. The average molecular weight is 316 g/mol. The summed E-state index contributed by atoms with van der Waals surface area (Å²) in [6.45, 7) is 9.17. The van der Waals surface area contributed by atoms with Crippen molar-refractivity contribution in [2.24, 2.45) is 5.92 Å². The van der Waals surface area contributed by atoms with Crippen LogP contribution in [0.15, 0.2) is 0 Å². The number of carbonyl (C=O) groups is 1. The van der Waals surface area contributed by atoms with Crippen LogP contribution in [0, 0.1) is 5.92 Å². The van der Waals surface area contributed by atoms with Crippen molar-refractivity contribution >= 4 is 30.8 Å². The largest absolute Gasteiger partial charge is 0.469 e. The summed E-state index contributed by atoms with van der Waals surface area (Å²) in [4.78, 5) is 15.9. The molecule has 1 fully saturated rings. The van der Waals surface area contributed by atoms with E-state index in [0.29, 0.717) is 0 Å². The molecule has 0 aromatic heterocycles. The molecule has 1 aliphatic heterocycles. The number of hydrogen-bond acceptors (Lipinski definition) is 5. The number of ether oxygens (including phenoxy) is 1. The smallest absolute Gasteiger partial charge is 0.309 e. The molecule has 0 radical (unpaired) electrons. The summed E-state index contributed by atoms with van der Waals surface area (Å²) in [5.41, 5.74) is 0. The van der Waals surface area contributed by atoms with E-state index < -0.39 is 0 Å². The van der Waals surface area contributed by atoms with Gasteiger partial charge in [0, 0.05) is 45.8 Å². The maximum atomic E-state index is 11.3. The Kier molecular flexibility index (Phi) is 13.1. The molecule has 19 heavy (non-hydrogen) atoms. The predicted octanol–water partition coefficient (Wildman–Crippen LogP) is 0.476. The van der Waals surface area contributed by atoms with Crippen LogP contribution in [-0.2, 0) is 9.53 Å². The summed E-state index contributed by atoms with van der Waals surface area (Å²) in [6, 6.07) is 0. The van der Waals surface area contributed by atoms with Crippen LogP contribution in [0.5, 0.6) is 0 Å². The minimum absolute atomic E-state index is 0. The molecule has 1 atom stereocenters. The molecule has 0 aromatic carbocycles. The monoisotopic (exact) mass is 315 g/mol. The van der Waals surface area contributed by atoms with Gasteiger partial charge in [-0.05, 0) is 7.05 Å². The lowest BCUT2D eigenvalue weighted by molar-refractivity contribution is -0.145. The van der Waals surface area contributed by atoms with Crippen molar-refractivity contribution in [2.75, 3.05) is 60.0 Å². The number of nitrogens with zero attached hydrogens (tertiary/aromatic N) is 2. The van der Waals surface area contributed by atoms with Crippen LogP contribution < -0.4 is 5.32 Å². The third-order valence-electron chi connectivity index (χ3n) is 3.20. The topological polar surface area (TPSA) is 44.8 Å². The third-order valence-corrected chi connectivity index (χ3v) is 3.20. The maximum absolute atomic E-state index is 11.3. The molecular weight excluding hydrogens is 289 g/mol. The zero-order valence-corrected chi connectivity index (χ0v) is 13.7. The van der Waals surface area contributed by atoms with Crippen LogP contribution in [0.25, 0.3) is 0 Å². The molecule has 1 heterocycles. The van der Waals surface area contributed by atoms with Gasteiger partial charge in [-0.1, -0.05) is 6.92 Å². The van der Waals surface area contributed by atoms with Gasteiger partial charge in [-0.25, -0.2) is 0 Å². The summed E-state index contributed by atoms with van der Waals surface area (Å²) in [5.74, 6) is -0.174. The van der Waals surface area contributed by atoms with Gasteiger partial charge in [-0.15, -0.1) is 24.8 Å². The second-order valence-electron chi connectivity index (χ2n) is 4.78. The Bertz CT molecular complexity index is 239. The molecule has 5 nitrogen and oxygen atoms in total. The first-order valence-corrected chi connectivity index (χ1v) is 6.33. The van der Waals surface area contributed by atoms with Crippen LogP contribution in [0.2, 0.25) is 0 Å². The number of esters is 1. The first-order valence-electron chi connectivity index (χ1n) is 6.33. The molecule has 0 spiro atoms. The van der Waals surface area contributed by atoms with Crippen molar-refractivity contribution in [3.8, 4) is 0 Å². The highest BCUT2D eigenvalue weighted by molar-refractivity contribution is 5.85. The molecule has 1 rings (SSSR count). The van der Waals surface area contributed by atoms with Crippen LogP contribution in [0.1, 0.15) is 6.92 Å². The number of rotatable bonds is 6. The van der Waals surface area contributed by atoms with Gasteiger partial charge in [-0.2, -0.15) is 0 Å². The van der Waals surface area contributed by atoms with Crippen LogP contribution in [0.4, 0.5) is 0 Å². The molecular formula is C12H27Cl2N3O2. The SMILES string of the molecule is COC(=O)C(C)CN(C)CCN1CCNCC1.Cl.Cl. The van der Waals surface area contributed by atoms with Gasteiger partial charge in [-0.3, -0.25) is 9.69 Å². The number of halogens is 2. The normalized spacial score (nSPS) is 17.3. The fourth-order valence-corrected chi connectivity index (χ4v) is 2.08. The van der Waals surface area contributed by atoms with Gasteiger partial charge < -0.3 is 15.0 Å². The minimum Gasteiger partial charge on any atom is -0.469 e. The Morgan fingerprint density at radius 2 is 1.95 bits per heavy atom. The van der Waals surface area contributed by atoms with Crippen LogP contribution in [0.3, 0.4) is 0 Å². The highest BCUT2D eigenvalue weighted by Crippen LogP contribution is 2.01. The lowest BCUT2D eigenvalue weighted by Gasteiger charge is -2.29. The highest BCUT2D eigenvalue weighted by Gasteiger charge is 2.16. The molecule has 7 heteroatoms. The van der Waals surface area contributed by atoms with E-state index in [1.165, 1.54) is 7.11 Å². The molecule has 0 amide bonds. The number of nitrogens with one attached hydrogen (secondary N) is 1. The van der Waals surface area contributed by atoms with E-state index in [1.807, 2.05) is 6.92 Å². The summed E-state index contributed by atoms with van der Waals surface area (Å²) in [5, 5.41) is 3.34. The second-order valence-corrected chi connectivity index (χ2v) is 4.78. The quantitative estimate of drug-likeness (QED) is 0.722. The van der Waals surface area contributed by atoms with Gasteiger partial charge in [0.15, 0.2) is 0 Å². The number of hydrogen-bond donors (Lipinski definition) is 1. The molecule has 0 saturated carbocycles. The standard InChI is InChI=1S/C12H25N3O2.2ClH/c1-11(12(16)17-3)10-14(2)8-9-15-6-4-13-5-7-15;;/h11,13H,4-10H2,1-3H3;2*1H. The Morgan fingerprint density at radius 3 is 2.47 bits per heavy atom. The fraction of sp³-hybridized carbons (Fsp3) is 0.917. The first-order chi connectivity index (χ1) is 8.13. The van der Waals surface area contributed by atoms with E-state index in [2.05, 4.69) is 22.2 Å². The summed E-state index contributed by atoms with van der Waals surface area (Å²) < 4.78 is 4.72. The van der Waals surface area contributed by atoms with Gasteiger partial charge in [0.2, 0.25) is 0 Å². The number of methoxy groups -OCH3 is 1. The molecule has 1 unspecified atom stereocenters. The van der Waals surface area contributed by atoms with E-state index in [0.717, 1.165) is 45.8 Å². The van der Waals surface area contributed by atoms with Gasteiger partial charge in [0.05, 0.1) is 13.0 Å². The molecule has 116 valence electrons. The van der Waals surface area contributed by atoms with Gasteiger partial charge >= 0.3 is 5.97 Å². The van der Waals surface area contributed by atoms with Crippen molar-refractivity contribution in [1.29, 1.82) is 0 Å². The van der Waals surface area contributed by atoms with E-state index in [9.17, 15) is 4.79 Å². The van der Waals surface area contributed by atoms with Crippen molar-refractivity contribution < 1.29 is 9.53 Å². The number of piperazine rings is 1. The van der Waals surface area contributed by atoms with Crippen molar-refractivity contribution in [3.05, 3.63) is 0 Å². The lowest BCUT2D eigenvalue weighted by Crippen LogP contribution is -2.46. The number of likely N-dealkylation sites (N-methyl/N-ethyl adjacent to an activating group) is 1. The average Bonchev–Trinajstić information content (AvgIpc) is 2.36. The number of carbonyl (C=O) groups excluding carboxylic acids is 1. The van der Waals surface area contributed by atoms with E-state index in [4.69, 9.17) is 4.74 Å². The molecule has 1 saturated heterocycles. The van der Waals surface area contributed by atoms with E-state index in [-0.39, 0.29) is 36.7 Å². The molecule has 0 aromatic rings. The first kappa shape index (κ1) is 21.2. The molecule has 1 N–H and O–H groups in total. The molecule has 1 aliphatic rings. The Labute approximate surface area is 128 Å². The van der Waals surface area contributed by atoms with Crippen molar-refractivity contribution in [3.63, 3.8) is 0 Å². The predicted molar refractivity (Wildman–Crippen MR) is 82.5 cm³/mol. The van der Waals surface area contributed by atoms with Gasteiger partial charge in [0.25, 0.3) is 0 Å². The Morgan fingerprint density at radius 1 is 1.37 bits per heavy atom. The Balaban J connectivity index is 0. The second kappa shape index (κ2) is 11.7. The van der Waals surface area contributed by atoms with Crippen LogP contribution in [-0.4, -0.2) is 75.7 Å². The minimum atomic E-state index is -0.126. The van der Waals surface area contributed by atoms with E-state index in [1.54, 1.807) is 0 Å². The summed E-state index contributed by atoms with van der Waals surface area (Å²) >= 11 is 0. The third kappa shape index (κ3) is 8.65. The van der Waals surface area contributed by atoms with Crippen LogP contribution >= 0.6 is 24.8 Å².